The van der Waals surface area contributed by atoms with E-state index in [1.54, 1.807) is 0 Å². The van der Waals surface area contributed by atoms with Crippen molar-refractivity contribution < 1.29 is 4.79 Å². The lowest BCUT2D eigenvalue weighted by molar-refractivity contribution is -0.123. The minimum absolute atomic E-state index is 0.0640. The molecule has 0 aliphatic carbocycles. The first-order valence-electron chi connectivity index (χ1n) is 6.64. The summed E-state index contributed by atoms with van der Waals surface area (Å²) in [6, 6.07) is 8.07. The summed E-state index contributed by atoms with van der Waals surface area (Å²) in [6.07, 6.45) is 2.48. The van der Waals surface area contributed by atoms with Gasteiger partial charge in [-0.15, -0.1) is 0 Å². The van der Waals surface area contributed by atoms with E-state index in [1.807, 2.05) is 39.0 Å². The number of carbonyl (C=O) groups excluding carboxylic acids is 1. The van der Waals surface area contributed by atoms with Gasteiger partial charge in [-0.25, -0.2) is 0 Å². The van der Waals surface area contributed by atoms with E-state index >= 15 is 0 Å². The number of hydrogen-bond donors (Lipinski definition) is 1. The third-order valence-electron chi connectivity index (χ3n) is 3.28. The maximum Gasteiger partial charge on any atom is 0.229 e. The van der Waals surface area contributed by atoms with E-state index in [-0.39, 0.29) is 11.3 Å². The molecular weight excluding hydrogens is 224 g/mol. The van der Waals surface area contributed by atoms with Gasteiger partial charge in [0.25, 0.3) is 0 Å². The minimum Gasteiger partial charge on any atom is -0.370 e. The van der Waals surface area contributed by atoms with Crippen LogP contribution in [0.4, 0.5) is 11.4 Å². The Hall–Kier alpha value is -1.51. The molecule has 2 rings (SSSR count). The molecule has 0 radical (unpaired) electrons. The average Bonchev–Trinajstić information content (AvgIpc) is 2.82. The van der Waals surface area contributed by atoms with Crippen molar-refractivity contribution in [3.8, 4) is 0 Å². The second-order valence-corrected chi connectivity index (χ2v) is 5.92. The lowest BCUT2D eigenvalue weighted by atomic mass is 9.95. The first kappa shape index (κ1) is 12.9. The third kappa shape index (κ3) is 2.84. The molecule has 0 bridgehead atoms. The highest BCUT2D eigenvalue weighted by atomic mass is 16.2. The van der Waals surface area contributed by atoms with E-state index in [1.165, 1.54) is 12.8 Å². The van der Waals surface area contributed by atoms with Crippen molar-refractivity contribution in [2.75, 3.05) is 23.3 Å². The van der Waals surface area contributed by atoms with Crippen molar-refractivity contribution in [1.29, 1.82) is 0 Å². The molecule has 0 saturated carbocycles. The predicted octanol–water partition coefficient (Wildman–Crippen LogP) is 3.27. The van der Waals surface area contributed by atoms with Crippen LogP contribution in [0.15, 0.2) is 24.3 Å². The normalized spacial score (nSPS) is 15.8. The van der Waals surface area contributed by atoms with E-state index in [4.69, 9.17) is 0 Å². The molecule has 0 aromatic heterocycles. The van der Waals surface area contributed by atoms with Crippen LogP contribution >= 0.6 is 0 Å². The smallest absolute Gasteiger partial charge is 0.229 e. The van der Waals surface area contributed by atoms with Gasteiger partial charge in [0.1, 0.15) is 0 Å². The zero-order chi connectivity index (χ0) is 13.2. The lowest BCUT2D eigenvalue weighted by Gasteiger charge is -2.24. The monoisotopic (exact) mass is 246 g/mol. The number of para-hydroxylation sites is 2. The lowest BCUT2D eigenvalue weighted by Crippen LogP contribution is -2.29. The molecule has 1 aliphatic heterocycles. The van der Waals surface area contributed by atoms with Crippen LogP contribution in [0.25, 0.3) is 0 Å². The maximum atomic E-state index is 12.1. The SMILES string of the molecule is CC(C)(C)C(=O)Nc1ccccc1N1CCCC1. The summed E-state index contributed by atoms with van der Waals surface area (Å²) in [5.74, 6) is 0.0640. The van der Waals surface area contributed by atoms with Crippen LogP contribution in [0.2, 0.25) is 0 Å². The Kier molecular flexibility index (Phi) is 3.60. The van der Waals surface area contributed by atoms with E-state index < -0.39 is 0 Å². The van der Waals surface area contributed by atoms with Crippen molar-refractivity contribution in [3.63, 3.8) is 0 Å². The molecule has 1 fully saturated rings. The summed E-state index contributed by atoms with van der Waals surface area (Å²) in [4.78, 5) is 14.4. The summed E-state index contributed by atoms with van der Waals surface area (Å²) in [5.41, 5.74) is 1.71. The Morgan fingerprint density at radius 2 is 1.78 bits per heavy atom. The van der Waals surface area contributed by atoms with Crippen LogP contribution in [-0.2, 0) is 4.79 Å². The number of hydrogen-bond acceptors (Lipinski definition) is 2. The highest BCUT2D eigenvalue weighted by Gasteiger charge is 2.23. The van der Waals surface area contributed by atoms with Crippen LogP contribution < -0.4 is 10.2 Å². The number of carbonyl (C=O) groups is 1. The number of benzene rings is 1. The van der Waals surface area contributed by atoms with E-state index in [2.05, 4.69) is 16.3 Å². The molecule has 98 valence electrons. The average molecular weight is 246 g/mol. The molecule has 0 atom stereocenters. The maximum absolute atomic E-state index is 12.1. The van der Waals surface area contributed by atoms with Gasteiger partial charge in [-0.2, -0.15) is 0 Å². The van der Waals surface area contributed by atoms with Crippen LogP contribution in [0.3, 0.4) is 0 Å². The third-order valence-corrected chi connectivity index (χ3v) is 3.28. The highest BCUT2D eigenvalue weighted by molar-refractivity contribution is 5.97. The van der Waals surface area contributed by atoms with Crippen molar-refractivity contribution in [2.24, 2.45) is 5.41 Å². The number of rotatable bonds is 2. The molecule has 1 aromatic carbocycles. The minimum atomic E-state index is -0.363. The molecule has 1 aliphatic rings. The first-order chi connectivity index (χ1) is 8.48. The Morgan fingerprint density at radius 3 is 2.39 bits per heavy atom. The highest BCUT2D eigenvalue weighted by Crippen LogP contribution is 2.29. The van der Waals surface area contributed by atoms with Crippen LogP contribution in [0.5, 0.6) is 0 Å². The predicted molar refractivity (Wildman–Crippen MR) is 76.0 cm³/mol. The summed E-state index contributed by atoms with van der Waals surface area (Å²) in [7, 11) is 0. The van der Waals surface area contributed by atoms with Gasteiger partial charge < -0.3 is 10.2 Å². The van der Waals surface area contributed by atoms with Crippen LogP contribution in [0, 0.1) is 5.41 Å². The van der Waals surface area contributed by atoms with E-state index in [9.17, 15) is 4.79 Å². The van der Waals surface area contributed by atoms with E-state index in [0.29, 0.717) is 0 Å². The Balaban J connectivity index is 2.20. The van der Waals surface area contributed by atoms with Crippen molar-refractivity contribution >= 4 is 17.3 Å². The second kappa shape index (κ2) is 5.01. The van der Waals surface area contributed by atoms with Gasteiger partial charge in [0.2, 0.25) is 5.91 Å². The van der Waals surface area contributed by atoms with Gasteiger partial charge in [-0.1, -0.05) is 32.9 Å². The molecule has 0 spiro atoms. The van der Waals surface area contributed by atoms with Gasteiger partial charge in [0.05, 0.1) is 11.4 Å². The standard InChI is InChI=1S/C15H22N2O/c1-15(2,3)14(18)16-12-8-4-5-9-13(12)17-10-6-7-11-17/h4-5,8-9H,6-7,10-11H2,1-3H3,(H,16,18). The largest absolute Gasteiger partial charge is 0.370 e. The van der Waals surface area contributed by atoms with Gasteiger partial charge in [0, 0.05) is 18.5 Å². The first-order valence-corrected chi connectivity index (χ1v) is 6.64. The molecule has 1 aromatic rings. The molecular formula is C15H22N2O. The summed E-state index contributed by atoms with van der Waals surface area (Å²) < 4.78 is 0. The fourth-order valence-corrected chi connectivity index (χ4v) is 2.12. The zero-order valence-electron chi connectivity index (χ0n) is 11.5. The van der Waals surface area contributed by atoms with Crippen molar-refractivity contribution in [1.82, 2.24) is 0 Å². The van der Waals surface area contributed by atoms with E-state index in [0.717, 1.165) is 24.5 Å². The Labute approximate surface area is 109 Å². The molecule has 0 unspecified atom stereocenters. The fourth-order valence-electron chi connectivity index (χ4n) is 2.12. The van der Waals surface area contributed by atoms with Crippen LogP contribution in [0.1, 0.15) is 33.6 Å². The number of nitrogens with one attached hydrogen (secondary N) is 1. The fraction of sp³-hybridized carbons (Fsp3) is 0.533. The second-order valence-electron chi connectivity index (χ2n) is 5.92. The molecule has 3 heteroatoms. The molecule has 1 heterocycles. The quantitative estimate of drug-likeness (QED) is 0.868. The Morgan fingerprint density at radius 1 is 1.17 bits per heavy atom. The summed E-state index contributed by atoms with van der Waals surface area (Å²) >= 11 is 0. The summed E-state index contributed by atoms with van der Waals surface area (Å²) in [6.45, 7) is 7.97. The van der Waals surface area contributed by atoms with Gasteiger partial charge >= 0.3 is 0 Å². The zero-order valence-corrected chi connectivity index (χ0v) is 11.5. The van der Waals surface area contributed by atoms with Gasteiger partial charge in [-0.05, 0) is 25.0 Å². The number of anilines is 2. The van der Waals surface area contributed by atoms with Crippen LogP contribution in [-0.4, -0.2) is 19.0 Å². The molecule has 1 N–H and O–H groups in total. The Bertz CT molecular complexity index is 428. The van der Waals surface area contributed by atoms with Gasteiger partial charge in [-0.3, -0.25) is 4.79 Å². The van der Waals surface area contributed by atoms with Crippen molar-refractivity contribution in [2.45, 2.75) is 33.6 Å². The number of amides is 1. The molecule has 1 saturated heterocycles. The van der Waals surface area contributed by atoms with Gasteiger partial charge in [0.15, 0.2) is 0 Å². The number of nitrogens with zero attached hydrogens (tertiary/aromatic N) is 1. The molecule has 18 heavy (non-hydrogen) atoms. The van der Waals surface area contributed by atoms with Crippen molar-refractivity contribution in [3.05, 3.63) is 24.3 Å². The topological polar surface area (TPSA) is 32.3 Å². The molecule has 1 amide bonds. The molecule has 3 nitrogen and oxygen atoms in total. The summed E-state index contributed by atoms with van der Waals surface area (Å²) in [5, 5.41) is 3.05.